The van der Waals surface area contributed by atoms with Gasteiger partial charge in [0.1, 0.15) is 93.8 Å². The Labute approximate surface area is 771 Å². The van der Waals surface area contributed by atoms with E-state index in [-0.39, 0.29) is 123 Å². The lowest BCUT2D eigenvalue weighted by Gasteiger charge is -2.21. The number of hydrogen-bond donors (Lipinski definition) is 0. The van der Waals surface area contributed by atoms with E-state index in [9.17, 15) is 66.1 Å². The minimum atomic E-state index is -3.79. The van der Waals surface area contributed by atoms with Crippen LogP contribution in [0.2, 0.25) is 0 Å². The molecule has 1 fully saturated rings. The molecule has 0 amide bonds. The number of esters is 5. The number of sulfone groups is 5. The van der Waals surface area contributed by atoms with Gasteiger partial charge in [0.25, 0.3) is 0 Å². The summed E-state index contributed by atoms with van der Waals surface area (Å²) in [6.07, 6.45) is 19.3. The zero-order valence-electron chi connectivity index (χ0n) is 75.0. The Morgan fingerprint density at radius 2 is 0.564 bits per heavy atom. The molecule has 5 heterocycles. The summed E-state index contributed by atoms with van der Waals surface area (Å²) in [7, 11) is -3.29. The quantitative estimate of drug-likeness (QED) is 0.0202. The first-order chi connectivity index (χ1) is 63.6. The molecule has 0 aliphatic heterocycles. The molecule has 0 saturated heterocycles. The van der Waals surface area contributed by atoms with Gasteiger partial charge in [-0.2, -0.15) is 0 Å². The minimum Gasteiger partial charge on any atom is -0.497 e. The number of hydrogen-bond acceptors (Lipinski definition) is 35. The second kappa shape index (κ2) is 50.0. The van der Waals surface area contributed by atoms with Crippen molar-refractivity contribution in [3.63, 3.8) is 0 Å². The molecule has 35 nitrogen and oxygen atoms in total. The van der Waals surface area contributed by atoms with Crippen molar-refractivity contribution in [3.8, 4) is 63.2 Å². The molecule has 6 aromatic carbocycles. The van der Waals surface area contributed by atoms with Gasteiger partial charge in [0.05, 0.1) is 148 Å². The van der Waals surface area contributed by atoms with E-state index < -0.39 is 79.0 Å². The molecule has 0 atom stereocenters. The van der Waals surface area contributed by atoms with Crippen molar-refractivity contribution in [2.45, 2.75) is 112 Å². The summed E-state index contributed by atoms with van der Waals surface area (Å²) < 4.78 is 205. The van der Waals surface area contributed by atoms with Gasteiger partial charge in [0.15, 0.2) is 49.2 Å². The Morgan fingerprint density at radius 1 is 0.293 bits per heavy atom. The van der Waals surface area contributed by atoms with Crippen LogP contribution in [0.4, 0.5) is 0 Å². The summed E-state index contributed by atoms with van der Waals surface area (Å²) >= 11 is 0. The van der Waals surface area contributed by atoms with Gasteiger partial charge in [-0.05, 0) is 170 Å². The van der Waals surface area contributed by atoms with Crippen LogP contribution in [0.15, 0.2) is 238 Å². The molecule has 0 spiro atoms. The molecule has 0 unspecified atom stereocenters. The van der Waals surface area contributed by atoms with Crippen LogP contribution in [0, 0.1) is 0 Å². The summed E-state index contributed by atoms with van der Waals surface area (Å²) in [5, 5.41) is 0. The van der Waals surface area contributed by atoms with E-state index in [1.807, 2.05) is 6.92 Å². The number of carbonyl (C=O) groups excluding carboxylic acids is 5. The number of para-hydroxylation sites is 1. The highest BCUT2D eigenvalue weighted by Crippen LogP contribution is 2.37. The second-order valence-corrected chi connectivity index (χ2v) is 38.3. The van der Waals surface area contributed by atoms with Crippen LogP contribution in [0.1, 0.15) is 132 Å². The van der Waals surface area contributed by atoms with Crippen LogP contribution in [-0.4, -0.2) is 194 Å². The molecule has 11 aromatic rings. The third-order valence-corrected chi connectivity index (χ3v) is 27.7. The molecule has 0 bridgehead atoms. The molecule has 1 aliphatic carbocycles. The van der Waals surface area contributed by atoms with Crippen LogP contribution in [-0.2, 0) is 96.9 Å². The summed E-state index contributed by atoms with van der Waals surface area (Å²) in [4.78, 5) is 79.8. The number of pyridine rings is 5. The maximum absolute atomic E-state index is 13.0. The van der Waals surface area contributed by atoms with E-state index in [4.69, 9.17) is 66.3 Å². The van der Waals surface area contributed by atoms with Gasteiger partial charge in [0, 0.05) is 92.3 Å². The van der Waals surface area contributed by atoms with Crippen LogP contribution in [0.25, 0.3) is 0 Å². The molecule has 40 heteroatoms. The number of ether oxygens (including phenoxy) is 15. The fourth-order valence-electron chi connectivity index (χ4n) is 12.7. The van der Waals surface area contributed by atoms with Crippen LogP contribution in [0.5, 0.6) is 63.2 Å². The molecule has 133 heavy (non-hydrogen) atoms. The van der Waals surface area contributed by atoms with Crippen LogP contribution < -0.4 is 52.1 Å². The van der Waals surface area contributed by atoms with Gasteiger partial charge >= 0.3 is 29.8 Å². The molecule has 0 radical (unpaired) electrons. The first kappa shape index (κ1) is 105. The molecule has 1 aliphatic rings. The minimum absolute atomic E-state index is 0.00313. The summed E-state index contributed by atoms with van der Waals surface area (Å²) in [5.74, 6) is -0.978. The molecule has 5 aromatic heterocycles. The lowest BCUT2D eigenvalue weighted by atomic mass is 9.98. The fraction of sp³-hybridized carbons (Fsp3) is 0.290. The van der Waals surface area contributed by atoms with E-state index in [1.165, 1.54) is 225 Å². The lowest BCUT2D eigenvalue weighted by Crippen LogP contribution is -2.21. The predicted molar refractivity (Wildman–Crippen MR) is 485 cm³/mol. The zero-order chi connectivity index (χ0) is 97.1. The van der Waals surface area contributed by atoms with E-state index in [2.05, 4.69) is 29.7 Å². The van der Waals surface area contributed by atoms with E-state index in [1.54, 1.807) is 73.7 Å². The van der Waals surface area contributed by atoms with Crippen LogP contribution >= 0.6 is 0 Å². The second-order valence-electron chi connectivity index (χ2n) is 28.5. The predicted octanol–water partition coefficient (Wildman–Crippen LogP) is 13.6. The highest BCUT2D eigenvalue weighted by Gasteiger charge is 2.30. The van der Waals surface area contributed by atoms with Gasteiger partial charge in [-0.15, -0.1) is 0 Å². The fourth-order valence-corrected chi connectivity index (χ4v) is 20.2. The summed E-state index contributed by atoms with van der Waals surface area (Å²) in [5.41, 5.74) is 2.85. The van der Waals surface area contributed by atoms with Crippen molar-refractivity contribution in [3.05, 3.63) is 269 Å². The normalized spacial score (nSPS) is 11.9. The van der Waals surface area contributed by atoms with Gasteiger partial charge in [-0.3, -0.25) is 24.9 Å². The monoisotopic (exact) mass is 1930 g/mol. The van der Waals surface area contributed by atoms with Gasteiger partial charge in [-0.25, -0.2) is 66.1 Å². The summed E-state index contributed by atoms with van der Waals surface area (Å²) in [6, 6.07) is 38.6. The molecule has 708 valence electrons. The average Bonchev–Trinajstić information content (AvgIpc) is 0.817. The maximum atomic E-state index is 13.0. The number of benzene rings is 6. The third-order valence-electron chi connectivity index (χ3n) is 19.1. The van der Waals surface area contributed by atoms with Gasteiger partial charge in [-0.1, -0.05) is 31.5 Å². The Hall–Kier alpha value is -13.8. The maximum Gasteiger partial charge on any atom is 0.345 e. The van der Waals surface area contributed by atoms with Crippen LogP contribution in [0.3, 0.4) is 0 Å². The SMILES string of the molecule is CCCOC(=O)c1cncc(CS(=O)(=O)c2cc(OC)ccc2OC)c1.CCOC(=O)c1cncc(CS(=O)(=O)c2cc(OC)ccc2OC)c1.COC(=O)c1cncc(CS(=O)(=O)c2cc(OC)ccc2OC)c1.COc1ccc(OC)c(S(=O)(=O)Cc2cncc(C(=O)OC3CCCCC3)c2)c1.COc1ccc(OC)c(S(=O)(=O)Cc2cncc(C(=O)Oc3ccccc3)c2)c1. The average molecular weight is 1930 g/mol. The number of nitrogens with zero attached hydrogens (tertiary/aromatic N) is 5. The van der Waals surface area contributed by atoms with Crippen molar-refractivity contribution in [2.75, 3.05) is 91.4 Å². The zero-order valence-corrected chi connectivity index (χ0v) is 79.1. The Bertz CT molecular complexity index is 6460. The van der Waals surface area contributed by atoms with Crippen molar-refractivity contribution < 1.29 is 137 Å². The topological polar surface area (TPSA) is 459 Å². The number of rotatable bonds is 35. The first-order valence-corrected chi connectivity index (χ1v) is 48.7. The Balaban J connectivity index is 0.000000205. The van der Waals surface area contributed by atoms with Crippen molar-refractivity contribution >= 4 is 79.0 Å². The summed E-state index contributed by atoms with van der Waals surface area (Å²) in [6.45, 7) is 4.09. The highest BCUT2D eigenvalue weighted by atomic mass is 32.2. The van der Waals surface area contributed by atoms with E-state index in [0.717, 1.165) is 32.1 Å². The molecule has 12 rings (SSSR count). The van der Waals surface area contributed by atoms with E-state index in [0.29, 0.717) is 75.3 Å². The van der Waals surface area contributed by atoms with Crippen molar-refractivity contribution in [2.24, 2.45) is 0 Å². The van der Waals surface area contributed by atoms with Gasteiger partial charge < -0.3 is 71.1 Å². The van der Waals surface area contributed by atoms with Gasteiger partial charge in [0.2, 0.25) is 0 Å². The standard InChI is InChI=1S/C21H25NO6S.C21H19NO6S.C18H21NO6S.C17H19NO6S.C16H17NO6S/c2*1-26-18-8-9-19(27-2)20(11-18)29(24,25)14-15-10-16(13-22-12-15)21(23)28-17-6-4-3-5-7-17;1-4-7-25-18(20)14-8-13(10-19-11-14)12-26(21,22)17-9-15(23-2)5-6-16(17)24-3;1-4-24-17(19)13-7-12(9-18-10-13)11-25(20,21)16-8-14(22-2)5-6-15(16)23-3;1-21-13-4-5-14(22-2)15(7-13)24(19,20)10-11-6-12(9-17-8-11)16(18)23-3/h8-13,17H,3-7,14H2,1-2H3;3-13H,14H2,1-2H3;5-6,8-11H,4,7,12H2,1-3H3;5-10H,4,11H2,1-3H3;4-9H,10H2,1-3H3. The van der Waals surface area contributed by atoms with Crippen molar-refractivity contribution in [1.82, 2.24) is 24.9 Å². The molecular weight excluding hydrogens is 1830 g/mol. The number of aromatic nitrogens is 5. The lowest BCUT2D eigenvalue weighted by molar-refractivity contribution is 0.0209. The number of methoxy groups -OCH3 is 11. The smallest absolute Gasteiger partial charge is 0.345 e. The Morgan fingerprint density at radius 3 is 0.827 bits per heavy atom. The molecule has 0 N–H and O–H groups in total. The highest BCUT2D eigenvalue weighted by molar-refractivity contribution is 7.92. The molecular formula is C93H101N5O30S5. The Kier molecular flexibility index (Phi) is 39.3. The number of carbonyl (C=O) groups is 5. The third kappa shape index (κ3) is 30.4. The first-order valence-electron chi connectivity index (χ1n) is 40.4. The van der Waals surface area contributed by atoms with Crippen molar-refractivity contribution in [1.29, 1.82) is 0 Å². The molecule has 1 saturated carbocycles. The largest absolute Gasteiger partial charge is 0.497 e. The van der Waals surface area contributed by atoms with E-state index >= 15 is 0 Å².